The molecule has 25 heavy (non-hydrogen) atoms. The quantitative estimate of drug-likeness (QED) is 0.650. The normalized spacial score (nSPS) is 13.5. The highest BCUT2D eigenvalue weighted by Gasteiger charge is 2.32. The molecule has 0 unspecified atom stereocenters. The van der Waals surface area contributed by atoms with Crippen molar-refractivity contribution in [3.8, 4) is 5.75 Å². The molecule has 3 rings (SSSR count). The summed E-state index contributed by atoms with van der Waals surface area (Å²) in [6, 6.07) is 14.5. The zero-order chi connectivity index (χ0) is 17.6. The maximum Gasteiger partial charge on any atom is 0.233 e. The molecule has 0 saturated heterocycles. The third-order valence-electron chi connectivity index (χ3n) is 4.07. The standard InChI is InChI=1S/C20H22FNO2S/c1-2-24-18-9-11-19(12-10-18)25-14-20(23)22(17-7-8-17)13-15-3-5-16(21)6-4-15/h3-6,9-12,17H,2,7-8,13-14H2,1H3. The van der Waals surface area contributed by atoms with Crippen LogP contribution in [0.2, 0.25) is 0 Å². The summed E-state index contributed by atoms with van der Waals surface area (Å²) in [5.74, 6) is 1.13. The minimum atomic E-state index is -0.251. The molecule has 0 aromatic heterocycles. The lowest BCUT2D eigenvalue weighted by Crippen LogP contribution is -2.33. The van der Waals surface area contributed by atoms with Crippen LogP contribution in [0, 0.1) is 5.82 Å². The molecular formula is C20H22FNO2S. The molecule has 1 amide bonds. The average Bonchev–Trinajstić information content (AvgIpc) is 3.45. The summed E-state index contributed by atoms with van der Waals surface area (Å²) < 4.78 is 18.5. The van der Waals surface area contributed by atoms with Gasteiger partial charge in [0.15, 0.2) is 0 Å². The average molecular weight is 359 g/mol. The van der Waals surface area contributed by atoms with E-state index in [2.05, 4.69) is 0 Å². The van der Waals surface area contributed by atoms with Gasteiger partial charge in [0.2, 0.25) is 5.91 Å². The Morgan fingerprint density at radius 1 is 1.16 bits per heavy atom. The molecule has 5 heteroatoms. The van der Waals surface area contributed by atoms with Crippen LogP contribution >= 0.6 is 11.8 Å². The minimum absolute atomic E-state index is 0.130. The first-order valence-electron chi connectivity index (χ1n) is 8.55. The fourth-order valence-corrected chi connectivity index (χ4v) is 3.40. The highest BCUT2D eigenvalue weighted by molar-refractivity contribution is 8.00. The largest absolute Gasteiger partial charge is 0.494 e. The number of rotatable bonds is 8. The fraction of sp³-hybridized carbons (Fsp3) is 0.350. The molecule has 2 aromatic carbocycles. The van der Waals surface area contributed by atoms with Crippen molar-refractivity contribution in [3.63, 3.8) is 0 Å². The molecule has 0 aliphatic heterocycles. The second kappa shape index (κ2) is 8.39. The molecule has 1 aliphatic carbocycles. The first-order valence-corrected chi connectivity index (χ1v) is 9.54. The van der Waals surface area contributed by atoms with E-state index >= 15 is 0 Å². The van der Waals surface area contributed by atoms with Crippen molar-refractivity contribution in [2.75, 3.05) is 12.4 Å². The number of carbonyl (C=O) groups is 1. The fourth-order valence-electron chi connectivity index (χ4n) is 2.62. The van der Waals surface area contributed by atoms with E-state index in [0.29, 0.717) is 24.9 Å². The maximum atomic E-state index is 13.0. The first-order chi connectivity index (χ1) is 12.2. The molecule has 0 bridgehead atoms. The van der Waals surface area contributed by atoms with E-state index < -0.39 is 0 Å². The van der Waals surface area contributed by atoms with Crippen LogP contribution in [0.3, 0.4) is 0 Å². The predicted octanol–water partition coefficient (Wildman–Crippen LogP) is 4.51. The summed E-state index contributed by atoms with van der Waals surface area (Å²) in [4.78, 5) is 15.6. The molecule has 0 radical (unpaired) electrons. The van der Waals surface area contributed by atoms with Crippen molar-refractivity contribution in [3.05, 3.63) is 59.9 Å². The van der Waals surface area contributed by atoms with Crippen LogP contribution in [0.15, 0.2) is 53.4 Å². The third kappa shape index (κ3) is 5.23. The van der Waals surface area contributed by atoms with Gasteiger partial charge < -0.3 is 9.64 Å². The van der Waals surface area contributed by atoms with Crippen LogP contribution in [-0.4, -0.2) is 29.2 Å². The Kier molecular flexibility index (Phi) is 5.97. The summed E-state index contributed by atoms with van der Waals surface area (Å²) in [5, 5.41) is 0. The summed E-state index contributed by atoms with van der Waals surface area (Å²) in [6.45, 7) is 3.15. The van der Waals surface area contributed by atoms with Crippen LogP contribution in [0.5, 0.6) is 5.75 Å². The van der Waals surface area contributed by atoms with Crippen molar-refractivity contribution in [2.24, 2.45) is 0 Å². The number of thioether (sulfide) groups is 1. The van der Waals surface area contributed by atoms with Crippen LogP contribution in [0.25, 0.3) is 0 Å². The topological polar surface area (TPSA) is 29.5 Å². The summed E-state index contributed by atoms with van der Waals surface area (Å²) in [7, 11) is 0. The van der Waals surface area contributed by atoms with E-state index in [4.69, 9.17) is 4.74 Å². The number of hydrogen-bond acceptors (Lipinski definition) is 3. The van der Waals surface area contributed by atoms with Crippen LogP contribution in [0.4, 0.5) is 4.39 Å². The second-order valence-corrected chi connectivity index (χ2v) is 7.12. The van der Waals surface area contributed by atoms with Gasteiger partial charge in [0.05, 0.1) is 12.4 Å². The van der Waals surface area contributed by atoms with Crippen molar-refractivity contribution < 1.29 is 13.9 Å². The van der Waals surface area contributed by atoms with E-state index in [1.807, 2.05) is 36.1 Å². The van der Waals surface area contributed by atoms with E-state index in [-0.39, 0.29) is 11.7 Å². The zero-order valence-electron chi connectivity index (χ0n) is 14.3. The van der Waals surface area contributed by atoms with Gasteiger partial charge in [-0.05, 0) is 61.7 Å². The maximum absolute atomic E-state index is 13.0. The van der Waals surface area contributed by atoms with E-state index in [9.17, 15) is 9.18 Å². The number of hydrogen-bond donors (Lipinski definition) is 0. The Bertz CT molecular complexity index is 699. The lowest BCUT2D eigenvalue weighted by atomic mass is 10.2. The highest BCUT2D eigenvalue weighted by atomic mass is 32.2. The third-order valence-corrected chi connectivity index (χ3v) is 5.07. The van der Waals surface area contributed by atoms with Crippen LogP contribution < -0.4 is 4.74 Å². The molecule has 3 nitrogen and oxygen atoms in total. The first kappa shape index (κ1) is 17.8. The summed E-state index contributed by atoms with van der Waals surface area (Å²) in [6.07, 6.45) is 2.11. The smallest absolute Gasteiger partial charge is 0.233 e. The molecular weight excluding hydrogens is 337 g/mol. The lowest BCUT2D eigenvalue weighted by Gasteiger charge is -2.22. The number of carbonyl (C=O) groups excluding carboxylic acids is 1. The number of amides is 1. The van der Waals surface area contributed by atoms with Crippen molar-refractivity contribution in [2.45, 2.75) is 37.2 Å². The van der Waals surface area contributed by atoms with Gasteiger partial charge in [0.25, 0.3) is 0 Å². The Labute approximate surface area is 152 Å². The molecule has 1 saturated carbocycles. The van der Waals surface area contributed by atoms with Gasteiger partial charge in [-0.15, -0.1) is 11.8 Å². The van der Waals surface area contributed by atoms with Crippen LogP contribution in [0.1, 0.15) is 25.3 Å². The highest BCUT2D eigenvalue weighted by Crippen LogP contribution is 2.30. The molecule has 1 fully saturated rings. The zero-order valence-corrected chi connectivity index (χ0v) is 15.1. The van der Waals surface area contributed by atoms with Gasteiger partial charge in [-0.3, -0.25) is 4.79 Å². The van der Waals surface area contributed by atoms with Gasteiger partial charge >= 0.3 is 0 Å². The lowest BCUT2D eigenvalue weighted by molar-refractivity contribution is -0.129. The van der Waals surface area contributed by atoms with Gasteiger partial charge in [-0.1, -0.05) is 12.1 Å². The molecule has 0 spiro atoms. The number of halogens is 1. The SMILES string of the molecule is CCOc1ccc(SCC(=O)N(Cc2ccc(F)cc2)C2CC2)cc1. The Balaban J connectivity index is 1.56. The predicted molar refractivity (Wildman–Crippen MR) is 98.3 cm³/mol. The molecule has 132 valence electrons. The number of nitrogens with zero attached hydrogens (tertiary/aromatic N) is 1. The van der Waals surface area contributed by atoms with E-state index in [1.54, 1.807) is 12.1 Å². The summed E-state index contributed by atoms with van der Waals surface area (Å²) in [5.41, 5.74) is 0.965. The van der Waals surface area contributed by atoms with Crippen LogP contribution in [-0.2, 0) is 11.3 Å². The van der Waals surface area contributed by atoms with E-state index in [0.717, 1.165) is 29.1 Å². The monoisotopic (exact) mass is 359 g/mol. The van der Waals surface area contributed by atoms with Crippen molar-refractivity contribution in [1.82, 2.24) is 4.90 Å². The van der Waals surface area contributed by atoms with Gasteiger partial charge in [0.1, 0.15) is 11.6 Å². The Hall–Kier alpha value is -2.01. The molecule has 1 aliphatic rings. The molecule has 2 aromatic rings. The molecule has 0 heterocycles. The molecule has 0 atom stereocenters. The minimum Gasteiger partial charge on any atom is -0.494 e. The Morgan fingerprint density at radius 2 is 1.84 bits per heavy atom. The number of benzene rings is 2. The summed E-state index contributed by atoms with van der Waals surface area (Å²) >= 11 is 1.54. The Morgan fingerprint density at radius 3 is 2.44 bits per heavy atom. The van der Waals surface area contributed by atoms with E-state index in [1.165, 1.54) is 23.9 Å². The number of ether oxygens (including phenoxy) is 1. The van der Waals surface area contributed by atoms with Gasteiger partial charge in [-0.2, -0.15) is 0 Å². The van der Waals surface area contributed by atoms with Crippen molar-refractivity contribution >= 4 is 17.7 Å². The van der Waals surface area contributed by atoms with Gasteiger partial charge in [0, 0.05) is 17.5 Å². The van der Waals surface area contributed by atoms with Gasteiger partial charge in [-0.25, -0.2) is 4.39 Å². The van der Waals surface area contributed by atoms with Crippen molar-refractivity contribution in [1.29, 1.82) is 0 Å². The molecule has 0 N–H and O–H groups in total. The second-order valence-electron chi connectivity index (χ2n) is 6.07.